The molecule has 3 nitrogen and oxygen atoms in total. The molecule has 3 heteroatoms. The predicted octanol–water partition coefficient (Wildman–Crippen LogP) is 3.58. The van der Waals surface area contributed by atoms with Crippen LogP contribution in [0.2, 0.25) is 0 Å². The van der Waals surface area contributed by atoms with Crippen molar-refractivity contribution in [2.45, 2.75) is 38.3 Å². The van der Waals surface area contributed by atoms with Gasteiger partial charge in [-0.2, -0.15) is 0 Å². The number of carbonyl (C=O) groups is 1. The number of rotatable bonds is 3. The van der Waals surface area contributed by atoms with Crippen LogP contribution in [0.3, 0.4) is 0 Å². The summed E-state index contributed by atoms with van der Waals surface area (Å²) < 4.78 is 0. The lowest BCUT2D eigenvalue weighted by Crippen LogP contribution is -2.43. The highest BCUT2D eigenvalue weighted by atomic mass is 16.2. The minimum Gasteiger partial charge on any atom is -0.337 e. The molecule has 130 valence electrons. The van der Waals surface area contributed by atoms with Gasteiger partial charge in [0, 0.05) is 19.1 Å². The lowest BCUT2D eigenvalue weighted by atomic mass is 9.87. The SMILES string of the molecule is CN(CC(=O)N1CCc2ccccc2C1)[C@@H]1CCCc2ccccc21. The molecule has 0 fully saturated rings. The topological polar surface area (TPSA) is 23.6 Å². The van der Waals surface area contributed by atoms with Crippen molar-refractivity contribution in [1.82, 2.24) is 9.80 Å². The van der Waals surface area contributed by atoms with Crippen molar-refractivity contribution in [3.8, 4) is 0 Å². The van der Waals surface area contributed by atoms with Gasteiger partial charge in [0.1, 0.15) is 0 Å². The Morgan fingerprint density at radius 1 is 1.04 bits per heavy atom. The summed E-state index contributed by atoms with van der Waals surface area (Å²) in [6.45, 7) is 2.09. The summed E-state index contributed by atoms with van der Waals surface area (Å²) in [6, 6.07) is 17.6. The highest BCUT2D eigenvalue weighted by molar-refractivity contribution is 5.78. The monoisotopic (exact) mass is 334 g/mol. The van der Waals surface area contributed by atoms with Crippen LogP contribution >= 0.6 is 0 Å². The smallest absolute Gasteiger partial charge is 0.237 e. The first-order chi connectivity index (χ1) is 12.2. The van der Waals surface area contributed by atoms with E-state index in [0.717, 1.165) is 32.4 Å². The fraction of sp³-hybridized carbons (Fsp3) is 0.409. The van der Waals surface area contributed by atoms with E-state index in [1.54, 1.807) is 0 Å². The molecule has 0 saturated heterocycles. The lowest BCUT2D eigenvalue weighted by Gasteiger charge is -2.35. The number of benzene rings is 2. The summed E-state index contributed by atoms with van der Waals surface area (Å²) in [5, 5.41) is 0. The van der Waals surface area contributed by atoms with Crippen molar-refractivity contribution >= 4 is 5.91 Å². The molecule has 1 heterocycles. The van der Waals surface area contributed by atoms with Crippen molar-refractivity contribution in [1.29, 1.82) is 0 Å². The van der Waals surface area contributed by atoms with Gasteiger partial charge in [0.25, 0.3) is 0 Å². The van der Waals surface area contributed by atoms with Crippen LogP contribution in [-0.4, -0.2) is 35.8 Å². The van der Waals surface area contributed by atoms with Crippen molar-refractivity contribution in [3.63, 3.8) is 0 Å². The lowest BCUT2D eigenvalue weighted by molar-refractivity contribution is -0.133. The Morgan fingerprint density at radius 2 is 1.76 bits per heavy atom. The second-order valence-corrected chi connectivity index (χ2v) is 7.36. The molecule has 1 aliphatic carbocycles. The third-order valence-electron chi connectivity index (χ3n) is 5.74. The standard InChI is InChI=1S/C22H26N2O/c1-23(21-12-6-10-18-8-4-5-11-20(18)21)16-22(25)24-14-13-17-7-2-3-9-19(17)15-24/h2-5,7-9,11,21H,6,10,12-16H2,1H3/t21-/m1/s1. The van der Waals surface area contributed by atoms with E-state index < -0.39 is 0 Å². The number of fused-ring (bicyclic) bond motifs is 2. The molecule has 1 aliphatic heterocycles. The Bertz CT molecular complexity index is 770. The van der Waals surface area contributed by atoms with Gasteiger partial charge < -0.3 is 4.90 Å². The van der Waals surface area contributed by atoms with E-state index >= 15 is 0 Å². The number of amides is 1. The Hall–Kier alpha value is -2.13. The van der Waals surface area contributed by atoms with Gasteiger partial charge in [-0.15, -0.1) is 0 Å². The van der Waals surface area contributed by atoms with Gasteiger partial charge in [-0.3, -0.25) is 9.69 Å². The fourth-order valence-electron chi connectivity index (χ4n) is 4.32. The first-order valence-corrected chi connectivity index (χ1v) is 9.35. The Morgan fingerprint density at radius 3 is 2.60 bits per heavy atom. The van der Waals surface area contributed by atoms with Crippen molar-refractivity contribution < 1.29 is 4.79 Å². The van der Waals surface area contributed by atoms with E-state index in [1.807, 2.05) is 4.90 Å². The molecule has 0 unspecified atom stereocenters. The second-order valence-electron chi connectivity index (χ2n) is 7.36. The van der Waals surface area contributed by atoms with Crippen LogP contribution in [0.5, 0.6) is 0 Å². The van der Waals surface area contributed by atoms with Crippen molar-refractivity contribution in [3.05, 3.63) is 70.8 Å². The van der Waals surface area contributed by atoms with Gasteiger partial charge in [0.2, 0.25) is 5.91 Å². The minimum atomic E-state index is 0.250. The number of aryl methyl sites for hydroxylation is 1. The number of carbonyl (C=O) groups excluding carboxylic acids is 1. The van der Waals surface area contributed by atoms with E-state index in [4.69, 9.17) is 0 Å². The summed E-state index contributed by atoms with van der Waals surface area (Å²) >= 11 is 0. The highest BCUT2D eigenvalue weighted by Crippen LogP contribution is 2.33. The number of hydrogen-bond acceptors (Lipinski definition) is 2. The zero-order valence-corrected chi connectivity index (χ0v) is 14.9. The van der Waals surface area contributed by atoms with Crippen molar-refractivity contribution in [2.24, 2.45) is 0 Å². The molecule has 25 heavy (non-hydrogen) atoms. The minimum absolute atomic E-state index is 0.250. The maximum Gasteiger partial charge on any atom is 0.237 e. The molecular weight excluding hydrogens is 308 g/mol. The van der Waals surface area contributed by atoms with Gasteiger partial charge >= 0.3 is 0 Å². The Balaban J connectivity index is 1.44. The van der Waals surface area contributed by atoms with Crippen molar-refractivity contribution in [2.75, 3.05) is 20.1 Å². The summed E-state index contributed by atoms with van der Waals surface area (Å²) in [5.41, 5.74) is 5.55. The van der Waals surface area contributed by atoms with Gasteiger partial charge in [-0.05, 0) is 55.0 Å². The fourth-order valence-corrected chi connectivity index (χ4v) is 4.32. The van der Waals surface area contributed by atoms with Crippen LogP contribution in [0.25, 0.3) is 0 Å². The molecule has 0 N–H and O–H groups in total. The van der Waals surface area contributed by atoms with Gasteiger partial charge in [-0.25, -0.2) is 0 Å². The van der Waals surface area contributed by atoms with E-state index in [0.29, 0.717) is 12.6 Å². The van der Waals surface area contributed by atoms with E-state index in [1.165, 1.54) is 28.7 Å². The third-order valence-corrected chi connectivity index (χ3v) is 5.74. The zero-order chi connectivity index (χ0) is 17.2. The quantitative estimate of drug-likeness (QED) is 0.856. The molecule has 1 amide bonds. The Kier molecular flexibility index (Phi) is 4.58. The molecule has 0 saturated carbocycles. The van der Waals surface area contributed by atoms with Crippen LogP contribution in [0.4, 0.5) is 0 Å². The van der Waals surface area contributed by atoms with Gasteiger partial charge in [-0.1, -0.05) is 48.5 Å². The van der Waals surface area contributed by atoms with E-state index in [9.17, 15) is 4.79 Å². The molecule has 2 aromatic carbocycles. The van der Waals surface area contributed by atoms with E-state index in [2.05, 4.69) is 60.5 Å². The van der Waals surface area contributed by atoms with E-state index in [-0.39, 0.29) is 5.91 Å². The second kappa shape index (κ2) is 7.01. The number of nitrogens with zero attached hydrogens (tertiary/aromatic N) is 2. The number of likely N-dealkylation sites (N-methyl/N-ethyl adjacent to an activating group) is 1. The van der Waals surface area contributed by atoms with Gasteiger partial charge in [0.05, 0.1) is 6.54 Å². The molecule has 0 spiro atoms. The molecule has 1 atom stereocenters. The average molecular weight is 334 g/mol. The molecule has 2 aromatic rings. The first-order valence-electron chi connectivity index (χ1n) is 9.35. The van der Waals surface area contributed by atoms with Crippen LogP contribution in [0.15, 0.2) is 48.5 Å². The highest BCUT2D eigenvalue weighted by Gasteiger charge is 2.27. The van der Waals surface area contributed by atoms with Crippen LogP contribution in [0.1, 0.15) is 41.1 Å². The molecule has 2 aliphatic rings. The van der Waals surface area contributed by atoms with Gasteiger partial charge in [0.15, 0.2) is 0 Å². The Labute approximate surface area is 150 Å². The third kappa shape index (κ3) is 3.34. The summed E-state index contributed by atoms with van der Waals surface area (Å²) in [4.78, 5) is 17.1. The van der Waals surface area contributed by atoms with Crippen LogP contribution < -0.4 is 0 Å². The normalized spacial score (nSPS) is 19.4. The zero-order valence-electron chi connectivity index (χ0n) is 14.9. The van der Waals surface area contributed by atoms with Crippen LogP contribution in [0, 0.1) is 0 Å². The summed E-state index contributed by atoms with van der Waals surface area (Å²) in [7, 11) is 2.10. The molecule has 4 rings (SSSR count). The average Bonchev–Trinajstić information content (AvgIpc) is 2.67. The maximum atomic E-state index is 12.9. The molecule has 0 bridgehead atoms. The maximum absolute atomic E-state index is 12.9. The molecule has 0 aromatic heterocycles. The predicted molar refractivity (Wildman–Crippen MR) is 100 cm³/mol. The first kappa shape index (κ1) is 16.3. The van der Waals surface area contributed by atoms with Crippen LogP contribution in [-0.2, 0) is 24.2 Å². The number of hydrogen-bond donors (Lipinski definition) is 0. The summed E-state index contributed by atoms with van der Waals surface area (Å²) in [5.74, 6) is 0.250. The summed E-state index contributed by atoms with van der Waals surface area (Å²) in [6.07, 6.45) is 4.48. The molecular formula is C22H26N2O. The largest absolute Gasteiger partial charge is 0.337 e. The molecule has 0 radical (unpaired) electrons.